The molecule has 0 fully saturated rings. The standard InChI is InChI=1S/C15H20N2O.HI/c1-5-14-13(10-17(2,3)4)11-8-6-7-9-12(11)15(18)16-14;/h6-9H,5,10H2,1-4H3;1H. The van der Waals surface area contributed by atoms with Gasteiger partial charge in [0.25, 0.3) is 5.56 Å². The number of H-pyrrole nitrogens is 1. The van der Waals surface area contributed by atoms with Crippen LogP contribution in [0, 0.1) is 0 Å². The SMILES string of the molecule is CCc1[nH]c(=O)c2ccccc2c1C[N+](C)(C)C.[I-]. The number of nitrogens with zero attached hydrogens (tertiary/aromatic N) is 1. The van der Waals surface area contributed by atoms with Gasteiger partial charge in [0.1, 0.15) is 6.54 Å². The van der Waals surface area contributed by atoms with Crippen molar-refractivity contribution < 1.29 is 28.5 Å². The van der Waals surface area contributed by atoms with Crippen LogP contribution in [-0.4, -0.2) is 30.6 Å². The summed E-state index contributed by atoms with van der Waals surface area (Å²) in [6.45, 7) is 3.00. The lowest BCUT2D eigenvalue weighted by Gasteiger charge is -2.25. The van der Waals surface area contributed by atoms with Gasteiger partial charge in [-0.25, -0.2) is 0 Å². The van der Waals surface area contributed by atoms with Crippen molar-refractivity contribution in [3.8, 4) is 0 Å². The normalized spacial score (nSPS) is 11.4. The number of benzene rings is 1. The molecule has 0 bridgehead atoms. The van der Waals surface area contributed by atoms with E-state index in [0.29, 0.717) is 0 Å². The summed E-state index contributed by atoms with van der Waals surface area (Å²) in [6.07, 6.45) is 0.857. The molecule has 1 N–H and O–H groups in total. The molecule has 0 aliphatic carbocycles. The molecule has 0 unspecified atom stereocenters. The minimum Gasteiger partial charge on any atom is -1.00 e. The first-order chi connectivity index (χ1) is 8.42. The fraction of sp³-hybridized carbons (Fsp3) is 0.400. The molecule has 0 atom stereocenters. The van der Waals surface area contributed by atoms with Crippen molar-refractivity contribution in [2.24, 2.45) is 0 Å². The van der Waals surface area contributed by atoms with E-state index in [2.05, 4.69) is 39.1 Å². The lowest BCUT2D eigenvalue weighted by Crippen LogP contribution is -3.00. The Kier molecular flexibility index (Phi) is 5.15. The molecule has 0 saturated carbocycles. The highest BCUT2D eigenvalue weighted by molar-refractivity contribution is 5.85. The smallest absolute Gasteiger partial charge is 0.256 e. The number of quaternary nitrogens is 1. The maximum absolute atomic E-state index is 12.0. The van der Waals surface area contributed by atoms with E-state index >= 15 is 0 Å². The average Bonchev–Trinajstić information content (AvgIpc) is 2.31. The van der Waals surface area contributed by atoms with Crippen LogP contribution < -0.4 is 29.5 Å². The number of hydrogen-bond acceptors (Lipinski definition) is 1. The molecule has 0 spiro atoms. The summed E-state index contributed by atoms with van der Waals surface area (Å²) in [5, 5.41) is 1.88. The third kappa shape index (κ3) is 3.57. The number of hydrogen-bond donors (Lipinski definition) is 1. The van der Waals surface area contributed by atoms with E-state index in [1.165, 1.54) is 5.56 Å². The van der Waals surface area contributed by atoms with Crippen LogP contribution in [0.25, 0.3) is 10.8 Å². The topological polar surface area (TPSA) is 32.9 Å². The highest BCUT2D eigenvalue weighted by Gasteiger charge is 2.16. The van der Waals surface area contributed by atoms with E-state index in [-0.39, 0.29) is 29.5 Å². The van der Waals surface area contributed by atoms with E-state index in [4.69, 9.17) is 0 Å². The van der Waals surface area contributed by atoms with Crippen molar-refractivity contribution in [3.05, 3.63) is 45.9 Å². The molecule has 1 aromatic heterocycles. The van der Waals surface area contributed by atoms with Gasteiger partial charge in [-0.1, -0.05) is 25.1 Å². The van der Waals surface area contributed by atoms with E-state index < -0.39 is 0 Å². The summed E-state index contributed by atoms with van der Waals surface area (Å²) in [7, 11) is 6.50. The molecule has 0 radical (unpaired) electrons. The highest BCUT2D eigenvalue weighted by Crippen LogP contribution is 2.21. The molecule has 1 aromatic carbocycles. The molecule has 2 rings (SSSR count). The minimum atomic E-state index is 0. The number of rotatable bonds is 3. The van der Waals surface area contributed by atoms with Crippen LogP contribution in [0.1, 0.15) is 18.2 Å². The van der Waals surface area contributed by atoms with E-state index in [1.807, 2.05) is 18.2 Å². The molecule has 1 heterocycles. The number of pyridine rings is 1. The summed E-state index contributed by atoms with van der Waals surface area (Å²) in [5.41, 5.74) is 2.35. The number of aromatic amines is 1. The van der Waals surface area contributed by atoms with Crippen LogP contribution in [0.3, 0.4) is 0 Å². The molecule has 104 valence electrons. The van der Waals surface area contributed by atoms with Crippen LogP contribution >= 0.6 is 0 Å². The Bertz CT molecular complexity index is 626. The number of nitrogens with one attached hydrogen (secondary N) is 1. The van der Waals surface area contributed by atoms with Crippen molar-refractivity contribution in [1.29, 1.82) is 0 Å². The van der Waals surface area contributed by atoms with Gasteiger partial charge in [0.05, 0.1) is 21.1 Å². The van der Waals surface area contributed by atoms with Gasteiger partial charge in [-0.05, 0) is 17.9 Å². The average molecular weight is 372 g/mol. The first-order valence-corrected chi connectivity index (χ1v) is 6.35. The highest BCUT2D eigenvalue weighted by atomic mass is 127. The number of aryl methyl sites for hydroxylation is 1. The van der Waals surface area contributed by atoms with Crippen LogP contribution in [0.5, 0.6) is 0 Å². The summed E-state index contributed by atoms with van der Waals surface area (Å²) in [4.78, 5) is 15.0. The molecule has 0 aliphatic rings. The molecular formula is C15H21IN2O. The first kappa shape index (κ1) is 16.2. The van der Waals surface area contributed by atoms with Crippen molar-refractivity contribution in [2.45, 2.75) is 19.9 Å². The Morgan fingerprint density at radius 3 is 2.21 bits per heavy atom. The van der Waals surface area contributed by atoms with Crippen molar-refractivity contribution in [1.82, 2.24) is 4.98 Å². The number of fused-ring (bicyclic) bond motifs is 1. The third-order valence-electron chi connectivity index (χ3n) is 3.11. The lowest BCUT2D eigenvalue weighted by molar-refractivity contribution is -0.883. The summed E-state index contributed by atoms with van der Waals surface area (Å²) >= 11 is 0. The Balaban J connectivity index is 0.00000180. The predicted octanol–water partition coefficient (Wildman–Crippen LogP) is -0.699. The zero-order valence-corrected chi connectivity index (χ0v) is 14.1. The number of halogens is 1. The van der Waals surface area contributed by atoms with Gasteiger partial charge in [0.15, 0.2) is 0 Å². The quantitative estimate of drug-likeness (QED) is 0.561. The van der Waals surface area contributed by atoms with Crippen molar-refractivity contribution in [3.63, 3.8) is 0 Å². The van der Waals surface area contributed by atoms with Crippen LogP contribution in [0.4, 0.5) is 0 Å². The maximum atomic E-state index is 12.0. The Hall–Kier alpha value is -0.880. The second-order valence-corrected chi connectivity index (χ2v) is 5.76. The first-order valence-electron chi connectivity index (χ1n) is 6.35. The Morgan fingerprint density at radius 1 is 1.11 bits per heavy atom. The largest absolute Gasteiger partial charge is 1.00 e. The molecule has 3 nitrogen and oxygen atoms in total. The van der Waals surface area contributed by atoms with Crippen molar-refractivity contribution >= 4 is 10.8 Å². The van der Waals surface area contributed by atoms with Gasteiger partial charge < -0.3 is 33.4 Å². The van der Waals surface area contributed by atoms with Gasteiger partial charge in [0, 0.05) is 16.6 Å². The molecular weight excluding hydrogens is 351 g/mol. The van der Waals surface area contributed by atoms with Gasteiger partial charge in [-0.15, -0.1) is 0 Å². The second-order valence-electron chi connectivity index (χ2n) is 5.76. The summed E-state index contributed by atoms with van der Waals surface area (Å²) in [5.74, 6) is 0. The predicted molar refractivity (Wildman–Crippen MR) is 75.7 cm³/mol. The maximum Gasteiger partial charge on any atom is 0.256 e. The fourth-order valence-corrected chi connectivity index (χ4v) is 2.34. The monoisotopic (exact) mass is 372 g/mol. The molecule has 19 heavy (non-hydrogen) atoms. The fourth-order valence-electron chi connectivity index (χ4n) is 2.34. The number of aromatic nitrogens is 1. The van der Waals surface area contributed by atoms with Crippen LogP contribution in [0.15, 0.2) is 29.1 Å². The molecule has 0 aliphatic heterocycles. The van der Waals surface area contributed by atoms with E-state index in [1.54, 1.807) is 0 Å². The van der Waals surface area contributed by atoms with Gasteiger partial charge >= 0.3 is 0 Å². The zero-order valence-electron chi connectivity index (χ0n) is 12.0. The van der Waals surface area contributed by atoms with Gasteiger partial charge in [-0.2, -0.15) is 0 Å². The van der Waals surface area contributed by atoms with E-state index in [0.717, 1.165) is 33.9 Å². The Morgan fingerprint density at radius 2 is 1.68 bits per heavy atom. The minimum absolute atomic E-state index is 0. The zero-order chi connectivity index (χ0) is 13.3. The van der Waals surface area contributed by atoms with Crippen LogP contribution in [0.2, 0.25) is 0 Å². The summed E-state index contributed by atoms with van der Waals surface area (Å²) in [6, 6.07) is 7.86. The van der Waals surface area contributed by atoms with E-state index in [9.17, 15) is 4.79 Å². The second kappa shape index (κ2) is 6.05. The third-order valence-corrected chi connectivity index (χ3v) is 3.11. The summed E-state index contributed by atoms with van der Waals surface area (Å²) < 4.78 is 0.850. The molecule has 0 saturated heterocycles. The molecule has 4 heteroatoms. The Labute approximate surface area is 131 Å². The molecule has 0 amide bonds. The lowest BCUT2D eigenvalue weighted by atomic mass is 10.0. The van der Waals surface area contributed by atoms with Gasteiger partial charge in [0.2, 0.25) is 0 Å². The van der Waals surface area contributed by atoms with Crippen LogP contribution in [-0.2, 0) is 13.0 Å². The van der Waals surface area contributed by atoms with Gasteiger partial charge in [-0.3, -0.25) is 4.79 Å². The van der Waals surface area contributed by atoms with Crippen molar-refractivity contribution in [2.75, 3.05) is 21.1 Å². The molecule has 2 aromatic rings.